The van der Waals surface area contributed by atoms with Crippen LogP contribution in [0.4, 0.5) is 0 Å². The lowest BCUT2D eigenvalue weighted by molar-refractivity contribution is 0.0651. The van der Waals surface area contributed by atoms with Crippen LogP contribution in [0.15, 0.2) is 39.5 Å². The van der Waals surface area contributed by atoms with Crippen LogP contribution in [0.3, 0.4) is 0 Å². The monoisotopic (exact) mass is 206 g/mol. The highest BCUT2D eigenvalue weighted by Crippen LogP contribution is 2.02. The smallest absolute Gasteiger partial charge is 0.442 e. The lowest BCUT2D eigenvalue weighted by Crippen LogP contribution is -2.13. The molecule has 0 saturated carbocycles. The van der Waals surface area contributed by atoms with Crippen LogP contribution in [0.5, 0.6) is 0 Å². The van der Waals surface area contributed by atoms with Crippen molar-refractivity contribution in [3.05, 3.63) is 46.8 Å². The highest BCUT2D eigenvalue weighted by atomic mass is 16.5. The molecule has 1 N–H and O–H groups in total. The Kier molecular flexibility index (Phi) is 2.09. The summed E-state index contributed by atoms with van der Waals surface area (Å²) in [6, 6.07) is 8.42. The summed E-state index contributed by atoms with van der Waals surface area (Å²) in [6.45, 7) is 0. The maximum absolute atomic E-state index is 11.2. The molecular formula is C9H6N2O4. The van der Waals surface area contributed by atoms with Gasteiger partial charge in [-0.3, -0.25) is 0 Å². The molecule has 0 amide bonds. The fourth-order valence-corrected chi connectivity index (χ4v) is 1.10. The van der Waals surface area contributed by atoms with Crippen molar-refractivity contribution in [3.8, 4) is 5.69 Å². The minimum Gasteiger partial charge on any atom is -0.474 e. The lowest BCUT2D eigenvalue weighted by Gasteiger charge is -1.94. The van der Waals surface area contributed by atoms with Gasteiger partial charge < -0.3 is 9.52 Å². The Morgan fingerprint density at radius 1 is 1.33 bits per heavy atom. The SMILES string of the molecule is O=C(O)c1nn(-c2ccccc2)c(=O)o1. The molecule has 6 nitrogen and oxygen atoms in total. The Morgan fingerprint density at radius 3 is 2.53 bits per heavy atom. The minimum atomic E-state index is -1.37. The molecule has 2 rings (SSSR count). The molecule has 1 aromatic heterocycles. The van der Waals surface area contributed by atoms with Crippen LogP contribution < -0.4 is 5.76 Å². The van der Waals surface area contributed by atoms with Gasteiger partial charge in [-0.15, -0.1) is 5.10 Å². The van der Waals surface area contributed by atoms with Gasteiger partial charge >= 0.3 is 17.6 Å². The molecule has 0 fully saturated rings. The standard InChI is InChI=1S/C9H6N2O4/c12-8(13)7-10-11(9(14)15-7)6-4-2-1-3-5-6/h1-5H,(H,12,13). The van der Waals surface area contributed by atoms with Crippen LogP contribution in [-0.4, -0.2) is 20.9 Å². The fourth-order valence-electron chi connectivity index (χ4n) is 1.10. The highest BCUT2D eigenvalue weighted by Gasteiger charge is 2.15. The predicted octanol–water partition coefficient (Wildman–Crippen LogP) is 0.524. The number of carboxylic acid groups (broad SMARTS) is 1. The van der Waals surface area contributed by atoms with Crippen LogP contribution >= 0.6 is 0 Å². The molecule has 0 bridgehead atoms. The van der Waals surface area contributed by atoms with Gasteiger partial charge in [0.15, 0.2) is 0 Å². The van der Waals surface area contributed by atoms with Gasteiger partial charge in [0.05, 0.1) is 5.69 Å². The molecule has 0 aliphatic carbocycles. The number of aromatic carboxylic acids is 1. The zero-order valence-corrected chi connectivity index (χ0v) is 7.45. The first-order valence-electron chi connectivity index (χ1n) is 4.07. The Bertz CT molecular complexity index is 541. The normalized spacial score (nSPS) is 10.1. The Morgan fingerprint density at radius 2 is 2.00 bits per heavy atom. The predicted molar refractivity (Wildman–Crippen MR) is 49.1 cm³/mol. The topological polar surface area (TPSA) is 85.3 Å². The van der Waals surface area contributed by atoms with Crippen molar-refractivity contribution in [2.45, 2.75) is 0 Å². The van der Waals surface area contributed by atoms with Crippen molar-refractivity contribution in [1.82, 2.24) is 9.78 Å². The second-order valence-corrected chi connectivity index (χ2v) is 2.73. The highest BCUT2D eigenvalue weighted by molar-refractivity contribution is 5.81. The number of aromatic nitrogens is 2. The lowest BCUT2D eigenvalue weighted by atomic mass is 10.3. The number of rotatable bonds is 2. The summed E-state index contributed by atoms with van der Waals surface area (Å²) in [7, 11) is 0. The number of benzene rings is 1. The minimum absolute atomic E-state index is 0.457. The molecule has 6 heteroatoms. The first kappa shape index (κ1) is 9.20. The molecular weight excluding hydrogens is 200 g/mol. The molecule has 1 aromatic carbocycles. The van der Waals surface area contributed by atoms with Crippen molar-refractivity contribution >= 4 is 5.97 Å². The summed E-state index contributed by atoms with van der Waals surface area (Å²) in [5.41, 5.74) is 0.457. The summed E-state index contributed by atoms with van der Waals surface area (Å²) >= 11 is 0. The summed E-state index contributed by atoms with van der Waals surface area (Å²) in [6.07, 6.45) is 0. The van der Waals surface area contributed by atoms with E-state index in [2.05, 4.69) is 9.52 Å². The average molecular weight is 206 g/mol. The van der Waals surface area contributed by atoms with Gasteiger partial charge in [0, 0.05) is 0 Å². The first-order chi connectivity index (χ1) is 7.18. The second-order valence-electron chi connectivity index (χ2n) is 2.73. The second kappa shape index (κ2) is 3.41. The van der Waals surface area contributed by atoms with Crippen molar-refractivity contribution in [2.24, 2.45) is 0 Å². The molecule has 0 spiro atoms. The van der Waals surface area contributed by atoms with Crippen LogP contribution in [0.25, 0.3) is 5.69 Å². The number of hydrogen-bond acceptors (Lipinski definition) is 4. The largest absolute Gasteiger partial charge is 0.474 e. The molecule has 1 heterocycles. The van der Waals surface area contributed by atoms with E-state index in [0.29, 0.717) is 5.69 Å². The van der Waals surface area contributed by atoms with E-state index in [1.807, 2.05) is 0 Å². The molecule has 0 saturated heterocycles. The third-order valence-corrected chi connectivity index (χ3v) is 1.73. The third-order valence-electron chi connectivity index (χ3n) is 1.73. The maximum Gasteiger partial charge on any atom is 0.442 e. The number of para-hydroxylation sites is 1. The van der Waals surface area contributed by atoms with Crippen molar-refractivity contribution in [1.29, 1.82) is 0 Å². The van der Waals surface area contributed by atoms with Crippen molar-refractivity contribution < 1.29 is 14.3 Å². The Balaban J connectivity index is 2.55. The quantitative estimate of drug-likeness (QED) is 0.774. The van der Waals surface area contributed by atoms with Crippen molar-refractivity contribution in [3.63, 3.8) is 0 Å². The van der Waals surface area contributed by atoms with Crippen molar-refractivity contribution in [2.75, 3.05) is 0 Å². The van der Waals surface area contributed by atoms with E-state index in [9.17, 15) is 9.59 Å². The summed E-state index contributed by atoms with van der Waals surface area (Å²) < 4.78 is 5.32. The van der Waals surface area contributed by atoms with Gasteiger partial charge in [0.2, 0.25) is 0 Å². The molecule has 15 heavy (non-hydrogen) atoms. The number of hydrogen-bond donors (Lipinski definition) is 1. The summed E-state index contributed by atoms with van der Waals surface area (Å²) in [5.74, 6) is -2.82. The Hall–Kier alpha value is -2.37. The zero-order chi connectivity index (χ0) is 10.8. The molecule has 0 aliphatic rings. The van der Waals surface area contributed by atoms with Crippen LogP contribution in [0, 0.1) is 0 Å². The van der Waals surface area contributed by atoms with E-state index in [-0.39, 0.29) is 0 Å². The number of carbonyl (C=O) groups is 1. The first-order valence-corrected chi connectivity index (χ1v) is 4.07. The molecule has 0 aliphatic heterocycles. The number of nitrogens with zero attached hydrogens (tertiary/aromatic N) is 2. The molecule has 0 atom stereocenters. The van der Waals surface area contributed by atoms with E-state index in [4.69, 9.17) is 5.11 Å². The van der Waals surface area contributed by atoms with Gasteiger partial charge in [-0.25, -0.2) is 9.59 Å². The molecule has 76 valence electrons. The van der Waals surface area contributed by atoms with E-state index in [1.165, 1.54) is 0 Å². The van der Waals surface area contributed by atoms with Crippen LogP contribution in [0.2, 0.25) is 0 Å². The zero-order valence-electron chi connectivity index (χ0n) is 7.45. The molecule has 2 aromatic rings. The van der Waals surface area contributed by atoms with E-state index in [1.54, 1.807) is 30.3 Å². The maximum atomic E-state index is 11.2. The fraction of sp³-hybridized carbons (Fsp3) is 0. The Labute approximate surface area is 83.4 Å². The van der Waals surface area contributed by atoms with Gasteiger partial charge in [-0.2, -0.15) is 4.68 Å². The average Bonchev–Trinajstić information content (AvgIpc) is 2.62. The van der Waals surface area contributed by atoms with Gasteiger partial charge in [-0.1, -0.05) is 18.2 Å². The molecule has 0 unspecified atom stereocenters. The van der Waals surface area contributed by atoms with Gasteiger partial charge in [0.25, 0.3) is 0 Å². The number of carboxylic acids is 1. The summed E-state index contributed by atoms with van der Waals surface area (Å²) in [4.78, 5) is 21.7. The van der Waals surface area contributed by atoms with Crippen LogP contribution in [0.1, 0.15) is 10.7 Å². The van der Waals surface area contributed by atoms with Gasteiger partial charge in [0.1, 0.15) is 0 Å². The third kappa shape index (κ3) is 1.64. The summed E-state index contributed by atoms with van der Waals surface area (Å²) in [5, 5.41) is 12.1. The van der Waals surface area contributed by atoms with E-state index in [0.717, 1.165) is 4.68 Å². The van der Waals surface area contributed by atoms with Gasteiger partial charge in [-0.05, 0) is 12.1 Å². The van der Waals surface area contributed by atoms with Crippen LogP contribution in [-0.2, 0) is 0 Å². The molecule has 0 radical (unpaired) electrons. The van der Waals surface area contributed by atoms with E-state index < -0.39 is 17.6 Å². The van der Waals surface area contributed by atoms with E-state index >= 15 is 0 Å².